The maximum atomic E-state index is 14.7. The van der Waals surface area contributed by atoms with E-state index in [4.69, 9.17) is 57.4 Å². The summed E-state index contributed by atoms with van der Waals surface area (Å²) in [6.07, 6.45) is 5.96. The van der Waals surface area contributed by atoms with Gasteiger partial charge in [-0.1, -0.05) is 94.9 Å². The lowest BCUT2D eigenvalue weighted by molar-refractivity contribution is -0.154. The summed E-state index contributed by atoms with van der Waals surface area (Å²) in [5, 5.41) is 61.1. The molecule has 0 unspecified atom stereocenters. The van der Waals surface area contributed by atoms with E-state index in [0.717, 1.165) is 0 Å². The average molecular weight is 1980 g/mol. The third-order valence-corrected chi connectivity index (χ3v) is 27.2. The predicted molar refractivity (Wildman–Crippen MR) is 496 cm³/mol. The van der Waals surface area contributed by atoms with Gasteiger partial charge in [0.2, 0.25) is 0 Å². The Bertz CT molecular complexity index is 5690. The fourth-order valence-electron chi connectivity index (χ4n) is 16.3. The number of pyridine rings is 4. The van der Waals surface area contributed by atoms with E-state index >= 15 is 0 Å². The van der Waals surface area contributed by atoms with E-state index in [1.165, 1.54) is 186 Å². The topological polar surface area (TPSA) is 313 Å². The van der Waals surface area contributed by atoms with Crippen molar-refractivity contribution in [2.75, 3.05) is 47.4 Å². The van der Waals surface area contributed by atoms with Crippen molar-refractivity contribution in [3.63, 3.8) is 0 Å². The van der Waals surface area contributed by atoms with E-state index in [1.807, 2.05) is 0 Å². The summed E-state index contributed by atoms with van der Waals surface area (Å²) in [6, 6.07) is 24.9. The number of anilines is 8. The number of piperidine rings is 4. The monoisotopic (exact) mass is 1980 g/mol. The highest BCUT2D eigenvalue weighted by Gasteiger charge is 2.50. The average Bonchev–Trinajstić information content (AvgIpc) is 1.11. The molecule has 0 aliphatic carbocycles. The largest absolute Gasteiger partial charge is 0.481 e. The molecule has 4 saturated heterocycles. The van der Waals surface area contributed by atoms with Gasteiger partial charge in [0, 0.05) is 155 Å². The molecule has 696 valence electrons. The van der Waals surface area contributed by atoms with Crippen LogP contribution in [0.3, 0.4) is 0 Å². The van der Waals surface area contributed by atoms with E-state index in [1.54, 1.807) is 74.0 Å². The lowest BCUT2D eigenvalue weighted by Crippen LogP contribution is -2.50. The Hall–Kier alpha value is -10.5. The first-order valence-corrected chi connectivity index (χ1v) is 46.2. The number of hydrogen-bond acceptors (Lipinski definition) is 24. The molecule has 12 heterocycles. The van der Waals surface area contributed by atoms with Crippen LogP contribution in [0.5, 0.6) is 0 Å². The highest BCUT2D eigenvalue weighted by Crippen LogP contribution is 2.46. The zero-order chi connectivity index (χ0) is 102. The number of nitrogens with one attached hydrogen (secondary N) is 4. The van der Waals surface area contributed by atoms with Crippen molar-refractivity contribution in [3.05, 3.63) is 279 Å². The Morgan fingerprint density at radius 2 is 0.561 bits per heavy atom. The van der Waals surface area contributed by atoms with Crippen LogP contribution in [0.15, 0.2) is 168 Å². The molecule has 12 aromatic rings. The number of rotatable bonds is 28. The SMILES string of the molecule is [2H]C([2H])(c1cccc(Cl)c1F)N1CC[C@@](Cc2nc(Nc3nccs3)ccc2F)(C(=O)O)C[C@@H]1C.[2H]C([2H])(c1cccc(Cl)c1F)N1CC[C@@](Cc2nc(Nc3nccs3)ccc2F)(C(=O)O)C[C@H]1C.[2H]C([2H])(c1cccc(Cl)c1F)N1CC[C@](Cc2nc(Nc3nccs3)ccc2F)(C(=O)O)C[C@@H]1C.[2H]C([2H])(c1cccc(Cl)c1F)N1CC[C@](Cc2nc(Nc3nccs3)ccc2F)(C(=O)O)C[C@H]1C. The standard InChI is InChI=1S/4C23H23ClF2N4O2S/c4*1-14-11-23(21(31)32,7-9-30(14)13-15-3-2-4-16(24)20(15)26)12-18-17(25)5-6-19(28-18)29-22-27-8-10-33-22/h4*2-6,8,10,14H,7,9,11-13H2,1H3,(H,31,32)(H,27,28,29)/t2*14-,23+;2*14-,23-/m1010/s1/i4*13D2. The quantitative estimate of drug-likeness (QED) is 0.0211. The Kier molecular flexibility index (Phi) is 29.5. The Morgan fingerprint density at radius 1 is 0.356 bits per heavy atom. The number of carboxylic acids is 4. The van der Waals surface area contributed by atoms with Crippen LogP contribution in [0, 0.1) is 68.2 Å². The zero-order valence-corrected chi connectivity index (χ0v) is 77.0. The molecule has 0 radical (unpaired) electrons. The molecule has 132 heavy (non-hydrogen) atoms. The van der Waals surface area contributed by atoms with Crippen LogP contribution >= 0.6 is 91.8 Å². The highest BCUT2D eigenvalue weighted by molar-refractivity contribution is 7.14. The number of carboxylic acid groups (broad SMARTS) is 4. The number of likely N-dealkylation sites (tertiary alicyclic amines) is 4. The second-order valence-electron chi connectivity index (χ2n) is 32.2. The first kappa shape index (κ1) is 88.1. The van der Waals surface area contributed by atoms with Crippen molar-refractivity contribution < 1.29 is 85.7 Å². The van der Waals surface area contributed by atoms with E-state index in [-0.39, 0.29) is 168 Å². The minimum atomic E-state index is -2.22. The van der Waals surface area contributed by atoms with E-state index in [9.17, 15) is 74.7 Å². The molecule has 0 saturated carbocycles. The van der Waals surface area contributed by atoms with E-state index in [0.29, 0.717) is 43.8 Å². The third kappa shape index (κ3) is 24.5. The van der Waals surface area contributed by atoms with E-state index in [2.05, 4.69) is 61.1 Å². The van der Waals surface area contributed by atoms with Gasteiger partial charge in [-0.2, -0.15) is 0 Å². The Balaban J connectivity index is 0.000000157. The number of benzene rings is 4. The molecule has 40 heteroatoms. The minimum absolute atomic E-state index is 0.00139. The molecule has 24 nitrogen and oxygen atoms in total. The van der Waals surface area contributed by atoms with Gasteiger partial charge in [0.1, 0.15) is 69.8 Å². The van der Waals surface area contributed by atoms with Crippen molar-refractivity contribution in [1.82, 2.24) is 59.5 Å². The summed E-state index contributed by atoms with van der Waals surface area (Å²) in [5.41, 5.74) is -6.34. The normalized spacial score (nSPS) is 22.5. The molecule has 8 N–H and O–H groups in total. The van der Waals surface area contributed by atoms with Crippen LogP contribution in [0.4, 0.5) is 78.9 Å². The van der Waals surface area contributed by atoms with Crippen LogP contribution in [-0.2, 0) is 70.8 Å². The van der Waals surface area contributed by atoms with Crippen LogP contribution in [0.1, 0.15) is 135 Å². The summed E-state index contributed by atoms with van der Waals surface area (Å²) in [6.45, 7) is -2.09. The molecule has 0 bridgehead atoms. The van der Waals surface area contributed by atoms with Gasteiger partial charge in [0.05, 0.1) is 64.5 Å². The molecule has 8 aromatic heterocycles. The lowest BCUT2D eigenvalue weighted by atomic mass is 9.72. The Labute approximate surface area is 802 Å². The summed E-state index contributed by atoms with van der Waals surface area (Å²) >= 11 is 28.8. The van der Waals surface area contributed by atoms with Gasteiger partial charge in [0.15, 0.2) is 20.5 Å². The van der Waals surface area contributed by atoms with E-state index < -0.39 is 142 Å². The number of thiazole rings is 4. The molecular weight excluding hydrogens is 1880 g/mol. The number of carbonyl (C=O) groups is 4. The molecule has 16 rings (SSSR count). The van der Waals surface area contributed by atoms with Crippen molar-refractivity contribution in [2.45, 2.75) is 155 Å². The molecular formula is C92H92Cl4F8N16O8S4. The van der Waals surface area contributed by atoms with Gasteiger partial charge < -0.3 is 41.7 Å². The minimum Gasteiger partial charge on any atom is -0.481 e. The summed E-state index contributed by atoms with van der Waals surface area (Å²) in [4.78, 5) is 89.0. The van der Waals surface area contributed by atoms with Gasteiger partial charge >= 0.3 is 23.9 Å². The number of aromatic nitrogens is 8. The zero-order valence-electron chi connectivity index (χ0n) is 78.7. The number of halogens is 12. The second kappa shape index (κ2) is 44.1. The molecule has 4 aliphatic heterocycles. The molecule has 8 atom stereocenters. The molecule has 0 spiro atoms. The summed E-state index contributed by atoms with van der Waals surface area (Å²) < 4.78 is 186. The predicted octanol–water partition coefficient (Wildman–Crippen LogP) is 22.0. The van der Waals surface area contributed by atoms with Gasteiger partial charge in [-0.15, -0.1) is 45.3 Å². The molecule has 4 aromatic carbocycles. The third-order valence-electron chi connectivity index (χ3n) is 23.2. The van der Waals surface area contributed by atoms with Crippen LogP contribution < -0.4 is 21.3 Å². The van der Waals surface area contributed by atoms with Crippen LogP contribution in [0.25, 0.3) is 0 Å². The molecule has 0 amide bonds. The fourth-order valence-corrected chi connectivity index (χ4v) is 19.1. The first-order valence-electron chi connectivity index (χ1n) is 45.2. The molecule has 4 aliphatic rings. The van der Waals surface area contributed by atoms with Gasteiger partial charge in [-0.05, 0) is 178 Å². The van der Waals surface area contributed by atoms with Crippen molar-refractivity contribution in [1.29, 1.82) is 0 Å². The summed E-state index contributed by atoms with van der Waals surface area (Å²) in [7, 11) is 0. The maximum absolute atomic E-state index is 14.7. The van der Waals surface area contributed by atoms with Crippen LogP contribution in [0.2, 0.25) is 20.1 Å². The van der Waals surface area contributed by atoms with Gasteiger partial charge in [0.25, 0.3) is 0 Å². The second-order valence-corrected chi connectivity index (χ2v) is 37.4. The van der Waals surface area contributed by atoms with Crippen molar-refractivity contribution in [3.8, 4) is 0 Å². The summed E-state index contributed by atoms with van der Waals surface area (Å²) in [5.74, 6) is -8.97. The fraction of sp³-hybridized carbons (Fsp3) is 0.348. The maximum Gasteiger partial charge on any atom is 0.310 e. The molecule has 4 fully saturated rings. The Morgan fingerprint density at radius 3 is 0.735 bits per heavy atom. The van der Waals surface area contributed by atoms with Crippen LogP contribution in [-0.4, -0.2) is 154 Å². The first-order chi connectivity index (χ1) is 66.1. The smallest absolute Gasteiger partial charge is 0.310 e. The highest BCUT2D eigenvalue weighted by atomic mass is 35.5. The number of nitrogens with zero attached hydrogens (tertiary/aromatic N) is 12. The lowest BCUT2D eigenvalue weighted by Gasteiger charge is -2.43. The van der Waals surface area contributed by atoms with Gasteiger partial charge in [-0.25, -0.2) is 75.0 Å². The number of hydrogen-bond donors (Lipinski definition) is 8. The van der Waals surface area contributed by atoms with Crippen molar-refractivity contribution in [2.24, 2.45) is 21.7 Å². The van der Waals surface area contributed by atoms with Gasteiger partial charge in [-0.3, -0.25) is 38.8 Å². The number of aliphatic carboxylic acids is 4. The van der Waals surface area contributed by atoms with Crippen molar-refractivity contribution >= 4 is 159 Å².